The molecule has 190 valence electrons. The fourth-order valence-electron chi connectivity index (χ4n) is 5.11. The molecule has 34 heavy (non-hydrogen) atoms. The summed E-state index contributed by atoms with van der Waals surface area (Å²) in [7, 11) is 0. The van der Waals surface area contributed by atoms with Gasteiger partial charge in [0.05, 0.1) is 17.9 Å². The molecule has 2 heterocycles. The molecule has 1 saturated heterocycles. The molecule has 4 rings (SSSR count). The normalized spacial score (nSPS) is 28.9. The highest BCUT2D eigenvalue weighted by atomic mass is 19.3. The van der Waals surface area contributed by atoms with Crippen molar-refractivity contribution in [1.29, 1.82) is 0 Å². The van der Waals surface area contributed by atoms with Gasteiger partial charge in [-0.1, -0.05) is 26.0 Å². The Balaban J connectivity index is 1.44. The van der Waals surface area contributed by atoms with E-state index in [0.29, 0.717) is 31.6 Å². The lowest BCUT2D eigenvalue weighted by atomic mass is 9.85. The van der Waals surface area contributed by atoms with Crippen molar-refractivity contribution in [2.24, 2.45) is 5.41 Å². The first-order valence-electron chi connectivity index (χ1n) is 12.2. The maximum absolute atomic E-state index is 13.7. The number of amides is 2. The van der Waals surface area contributed by atoms with E-state index in [4.69, 9.17) is 0 Å². The van der Waals surface area contributed by atoms with E-state index in [1.54, 1.807) is 4.68 Å². The minimum Gasteiger partial charge on any atom is -0.391 e. The van der Waals surface area contributed by atoms with Gasteiger partial charge in [-0.05, 0) is 43.9 Å². The third-order valence-electron chi connectivity index (χ3n) is 7.02. The molecule has 2 saturated carbocycles. The predicted molar refractivity (Wildman–Crippen MR) is 118 cm³/mol. The third-order valence-corrected chi connectivity index (χ3v) is 7.02. The second-order valence-corrected chi connectivity index (χ2v) is 10.9. The van der Waals surface area contributed by atoms with Crippen molar-refractivity contribution < 1.29 is 28.2 Å². The SMILES string of the molecule is CC(C)(C)[C@@H](C(=O)N1C[C@H](O)C[C@H]1C(=O)N[C@H]1CC[C@H](OC(F)F)CC1)n1cc(C2CC2)nn1. The molecule has 3 aliphatic rings. The fourth-order valence-corrected chi connectivity index (χ4v) is 5.11. The minimum atomic E-state index is -2.79. The summed E-state index contributed by atoms with van der Waals surface area (Å²) >= 11 is 0. The van der Waals surface area contributed by atoms with Crippen LogP contribution in [0.4, 0.5) is 8.78 Å². The van der Waals surface area contributed by atoms with Crippen molar-refractivity contribution in [1.82, 2.24) is 25.2 Å². The van der Waals surface area contributed by atoms with Crippen LogP contribution in [0.3, 0.4) is 0 Å². The number of aliphatic hydroxyl groups is 1. The lowest BCUT2D eigenvalue weighted by molar-refractivity contribution is -0.170. The lowest BCUT2D eigenvalue weighted by Crippen LogP contribution is -2.52. The molecule has 0 bridgehead atoms. The van der Waals surface area contributed by atoms with Gasteiger partial charge in [-0.25, -0.2) is 4.68 Å². The number of aliphatic hydroxyl groups excluding tert-OH is 1. The van der Waals surface area contributed by atoms with E-state index in [1.165, 1.54) is 4.90 Å². The van der Waals surface area contributed by atoms with Gasteiger partial charge in [0.15, 0.2) is 0 Å². The Morgan fingerprint density at radius 2 is 1.85 bits per heavy atom. The maximum Gasteiger partial charge on any atom is 0.345 e. The Labute approximate surface area is 198 Å². The van der Waals surface area contributed by atoms with Crippen LogP contribution in [0.25, 0.3) is 0 Å². The van der Waals surface area contributed by atoms with Gasteiger partial charge in [0, 0.05) is 31.1 Å². The van der Waals surface area contributed by atoms with Crippen LogP contribution >= 0.6 is 0 Å². The topological polar surface area (TPSA) is 110 Å². The van der Waals surface area contributed by atoms with E-state index in [2.05, 4.69) is 20.4 Å². The summed E-state index contributed by atoms with van der Waals surface area (Å²) in [5, 5.41) is 21.8. The highest BCUT2D eigenvalue weighted by Crippen LogP contribution is 2.40. The molecule has 0 unspecified atom stereocenters. The number of hydrogen-bond donors (Lipinski definition) is 2. The van der Waals surface area contributed by atoms with Crippen molar-refractivity contribution in [2.45, 2.75) is 109 Å². The predicted octanol–water partition coefficient (Wildman–Crippen LogP) is 2.37. The second-order valence-electron chi connectivity index (χ2n) is 10.9. The van der Waals surface area contributed by atoms with E-state index in [1.807, 2.05) is 27.0 Å². The number of nitrogens with one attached hydrogen (secondary N) is 1. The van der Waals surface area contributed by atoms with E-state index in [9.17, 15) is 23.5 Å². The Kier molecular flexibility index (Phi) is 7.23. The van der Waals surface area contributed by atoms with Gasteiger partial charge in [-0.15, -0.1) is 5.10 Å². The van der Waals surface area contributed by atoms with Gasteiger partial charge >= 0.3 is 6.61 Å². The summed E-state index contributed by atoms with van der Waals surface area (Å²) < 4.78 is 31.1. The number of alkyl halides is 2. The fraction of sp³-hybridized carbons (Fsp3) is 0.826. The zero-order chi connectivity index (χ0) is 24.6. The van der Waals surface area contributed by atoms with Crippen molar-refractivity contribution in [2.75, 3.05) is 6.54 Å². The average Bonchev–Trinajstić information content (AvgIpc) is 3.35. The standard InChI is InChI=1S/C23H35F2N5O4/c1-23(2,3)19(30-12-17(27-28-30)13-4-5-13)21(33)29-11-15(31)10-18(29)20(32)26-14-6-8-16(9-7-14)34-22(24)25/h12-16,18-19,22,31H,4-11H2,1-3H3,(H,26,32)/t14-,15-,16-,18+,19-/m1/s1. The smallest absolute Gasteiger partial charge is 0.345 e. The van der Waals surface area contributed by atoms with Crippen LogP contribution in [0, 0.1) is 5.41 Å². The summed E-state index contributed by atoms with van der Waals surface area (Å²) in [6, 6.07) is -1.64. The number of carbonyl (C=O) groups excluding carboxylic acids is 2. The number of rotatable bonds is 7. The zero-order valence-electron chi connectivity index (χ0n) is 20.0. The van der Waals surface area contributed by atoms with E-state index < -0.39 is 36.3 Å². The molecule has 0 aromatic carbocycles. The number of carbonyl (C=O) groups is 2. The van der Waals surface area contributed by atoms with E-state index in [0.717, 1.165) is 18.5 Å². The highest BCUT2D eigenvalue weighted by Gasteiger charge is 2.46. The summed E-state index contributed by atoms with van der Waals surface area (Å²) in [6.07, 6.45) is 4.76. The van der Waals surface area contributed by atoms with Gasteiger partial charge in [0.1, 0.15) is 12.1 Å². The van der Waals surface area contributed by atoms with E-state index in [-0.39, 0.29) is 30.8 Å². The highest BCUT2D eigenvalue weighted by molar-refractivity contribution is 5.90. The summed E-state index contributed by atoms with van der Waals surface area (Å²) in [5.41, 5.74) is 0.382. The van der Waals surface area contributed by atoms with Crippen LogP contribution in [-0.2, 0) is 14.3 Å². The monoisotopic (exact) mass is 483 g/mol. The Morgan fingerprint density at radius 3 is 2.44 bits per heavy atom. The number of ether oxygens (including phenoxy) is 1. The van der Waals surface area contributed by atoms with Gasteiger partial charge in [-0.2, -0.15) is 8.78 Å². The molecule has 1 aliphatic heterocycles. The average molecular weight is 484 g/mol. The first kappa shape index (κ1) is 25.0. The van der Waals surface area contributed by atoms with Crippen LogP contribution < -0.4 is 5.32 Å². The second kappa shape index (κ2) is 9.85. The molecule has 2 aliphatic carbocycles. The molecular formula is C23H35F2N5O4. The Bertz CT molecular complexity index is 877. The number of β-amino-alcohol motifs (C(OH)–C–C–N with tert-alkyl or cyclic N) is 1. The Morgan fingerprint density at radius 1 is 1.18 bits per heavy atom. The van der Waals surface area contributed by atoms with Crippen LogP contribution in [0.15, 0.2) is 6.20 Å². The van der Waals surface area contributed by atoms with Crippen molar-refractivity contribution >= 4 is 11.8 Å². The minimum absolute atomic E-state index is 0.0721. The van der Waals surface area contributed by atoms with Crippen LogP contribution in [0.5, 0.6) is 0 Å². The van der Waals surface area contributed by atoms with Gasteiger partial charge in [0.25, 0.3) is 0 Å². The van der Waals surface area contributed by atoms with Crippen LogP contribution in [-0.4, -0.2) is 74.3 Å². The molecule has 1 aromatic rings. The number of hydrogen-bond acceptors (Lipinski definition) is 6. The number of aromatic nitrogens is 3. The first-order valence-corrected chi connectivity index (χ1v) is 12.2. The van der Waals surface area contributed by atoms with Gasteiger partial charge < -0.3 is 20.1 Å². The summed E-state index contributed by atoms with van der Waals surface area (Å²) in [6.45, 7) is 3.10. The largest absolute Gasteiger partial charge is 0.391 e. The zero-order valence-corrected chi connectivity index (χ0v) is 20.0. The van der Waals surface area contributed by atoms with Gasteiger partial charge in [0.2, 0.25) is 11.8 Å². The van der Waals surface area contributed by atoms with Crippen molar-refractivity contribution in [3.63, 3.8) is 0 Å². The van der Waals surface area contributed by atoms with Crippen molar-refractivity contribution in [3.05, 3.63) is 11.9 Å². The van der Waals surface area contributed by atoms with Crippen molar-refractivity contribution in [3.8, 4) is 0 Å². The molecule has 11 heteroatoms. The first-order chi connectivity index (χ1) is 16.0. The number of halogens is 2. The lowest BCUT2D eigenvalue weighted by Gasteiger charge is -2.35. The molecule has 2 N–H and O–H groups in total. The molecule has 3 fully saturated rings. The van der Waals surface area contributed by atoms with Gasteiger partial charge in [-0.3, -0.25) is 9.59 Å². The molecule has 9 nitrogen and oxygen atoms in total. The molecule has 2 amide bonds. The summed E-state index contributed by atoms with van der Waals surface area (Å²) in [5.74, 6) is -0.198. The van der Waals surface area contributed by atoms with Crippen LogP contribution in [0.2, 0.25) is 0 Å². The quantitative estimate of drug-likeness (QED) is 0.616. The number of likely N-dealkylation sites (tertiary alicyclic amines) is 1. The molecule has 0 spiro atoms. The molecule has 0 radical (unpaired) electrons. The summed E-state index contributed by atoms with van der Waals surface area (Å²) in [4.78, 5) is 28.3. The molecular weight excluding hydrogens is 448 g/mol. The van der Waals surface area contributed by atoms with Crippen LogP contribution in [0.1, 0.15) is 83.4 Å². The third kappa shape index (κ3) is 5.73. The molecule has 3 atom stereocenters. The molecule has 1 aromatic heterocycles. The Hall–Kier alpha value is -2.14. The number of nitrogens with zero attached hydrogens (tertiary/aromatic N) is 4. The maximum atomic E-state index is 13.7. The van der Waals surface area contributed by atoms with E-state index >= 15 is 0 Å².